The molecule has 0 aliphatic heterocycles. The molecule has 8 heteroatoms. The van der Waals surface area contributed by atoms with E-state index < -0.39 is 29.4 Å². The number of rotatable bonds is 4. The second kappa shape index (κ2) is 4.69. The fourth-order valence-corrected chi connectivity index (χ4v) is 2.57. The first-order chi connectivity index (χ1) is 8.00. The van der Waals surface area contributed by atoms with Crippen LogP contribution in [0.3, 0.4) is 0 Å². The molecule has 0 radical (unpaired) electrons. The highest BCUT2D eigenvalue weighted by Gasteiger charge is 2.23. The van der Waals surface area contributed by atoms with Crippen molar-refractivity contribution in [2.45, 2.75) is 24.5 Å². The highest BCUT2D eigenvalue weighted by molar-refractivity contribution is 7.86. The molecule has 1 aromatic carbocycles. The summed E-state index contributed by atoms with van der Waals surface area (Å²) in [6.07, 6.45) is 0. The minimum Gasteiger partial charge on any atom is -0.544 e. The van der Waals surface area contributed by atoms with E-state index in [-0.39, 0.29) is 11.3 Å². The molecule has 1 N–H and O–H groups in total. The molecule has 0 aliphatic carbocycles. The summed E-state index contributed by atoms with van der Waals surface area (Å²) >= 11 is 0. The third-order valence-electron chi connectivity index (χ3n) is 1.88. The van der Waals surface area contributed by atoms with Crippen molar-refractivity contribution in [2.75, 3.05) is 0 Å². The Morgan fingerprint density at radius 1 is 1.33 bits per heavy atom. The van der Waals surface area contributed by atoms with Crippen LogP contribution in [0.15, 0.2) is 23.1 Å². The summed E-state index contributed by atoms with van der Waals surface area (Å²) in [4.78, 5) is 10.3. The van der Waals surface area contributed by atoms with Gasteiger partial charge in [0.25, 0.3) is 0 Å². The Balaban J connectivity index is 3.35. The summed E-state index contributed by atoms with van der Waals surface area (Å²) in [5.41, 5.74) is -0.365. The van der Waals surface area contributed by atoms with Crippen LogP contribution in [-0.4, -0.2) is 27.8 Å². The van der Waals surface area contributed by atoms with Gasteiger partial charge in [0, 0.05) is 0 Å². The molecule has 0 atom stereocenters. The summed E-state index contributed by atoms with van der Waals surface area (Å²) in [6, 6.07) is 2.90. The molecule has 0 spiro atoms. The molecule has 0 unspecified atom stereocenters. The van der Waals surface area contributed by atoms with E-state index in [1.54, 1.807) is 0 Å². The maximum Gasteiger partial charge on any atom is 0.339 e. The van der Waals surface area contributed by atoms with Crippen LogP contribution < -0.4 is 4.43 Å². The van der Waals surface area contributed by atoms with Gasteiger partial charge in [-0.2, -0.15) is 8.42 Å². The number of aromatic carboxylic acids is 1. The van der Waals surface area contributed by atoms with E-state index in [0.29, 0.717) is 0 Å². The number of carbonyl (C=O) groups is 1. The van der Waals surface area contributed by atoms with Crippen molar-refractivity contribution in [3.8, 4) is 5.75 Å². The molecule has 0 saturated carbocycles. The number of carboxylic acids is 1. The van der Waals surface area contributed by atoms with Crippen LogP contribution in [-0.2, 0) is 10.2 Å². The first-order valence-electron chi connectivity index (χ1n) is 5.02. The Morgan fingerprint density at radius 2 is 1.89 bits per heavy atom. The molecule has 1 rings (SSSR count). The lowest BCUT2D eigenvalue weighted by atomic mass is 10.2. The Kier molecular flexibility index (Phi) is 3.82. The van der Waals surface area contributed by atoms with Gasteiger partial charge in [-0.25, -0.2) is 4.79 Å². The molecular weight excluding hydrogens is 279 g/mol. The Labute approximate surface area is 106 Å². The molecule has 0 aliphatic rings. The van der Waals surface area contributed by atoms with Crippen LogP contribution in [0.25, 0.3) is 0 Å². The monoisotopic (exact) mass is 292 g/mol. The third kappa shape index (κ3) is 3.81. The van der Waals surface area contributed by atoms with Gasteiger partial charge in [0.2, 0.25) is 8.32 Å². The standard InChI is InChI=1S/C10H13FO5SSi/c1-18(2,3)16-9-5-4-7(17(11,14)15)6-8(9)10(12)13/h4-6H,1-3H3,(H,12,13). The molecule has 5 nitrogen and oxygen atoms in total. The van der Waals surface area contributed by atoms with Crippen LogP contribution in [0, 0.1) is 0 Å². The van der Waals surface area contributed by atoms with Crippen molar-refractivity contribution in [3.05, 3.63) is 23.8 Å². The molecule has 0 saturated heterocycles. The van der Waals surface area contributed by atoms with E-state index in [9.17, 15) is 17.1 Å². The van der Waals surface area contributed by atoms with Crippen LogP contribution in [0.4, 0.5) is 3.89 Å². The topological polar surface area (TPSA) is 80.7 Å². The summed E-state index contributed by atoms with van der Waals surface area (Å²) in [6.45, 7) is 5.54. The molecule has 0 aromatic heterocycles. The molecule has 0 fully saturated rings. The summed E-state index contributed by atoms with van der Waals surface area (Å²) < 4.78 is 39.7. The van der Waals surface area contributed by atoms with Gasteiger partial charge in [0.1, 0.15) is 11.3 Å². The first kappa shape index (κ1) is 14.6. The minimum atomic E-state index is -4.93. The Hall–Kier alpha value is -1.41. The average molecular weight is 292 g/mol. The van der Waals surface area contributed by atoms with Gasteiger partial charge in [0.15, 0.2) is 0 Å². The fraction of sp³-hybridized carbons (Fsp3) is 0.300. The molecule has 0 amide bonds. The van der Waals surface area contributed by atoms with E-state index in [0.717, 1.165) is 18.2 Å². The predicted octanol–water partition coefficient (Wildman–Crippen LogP) is 2.26. The number of hydrogen-bond donors (Lipinski definition) is 1. The second-order valence-corrected chi connectivity index (χ2v) is 10.4. The van der Waals surface area contributed by atoms with Crippen LogP contribution in [0.5, 0.6) is 5.75 Å². The number of benzene rings is 1. The first-order valence-corrected chi connectivity index (χ1v) is 9.81. The van der Waals surface area contributed by atoms with Crippen LogP contribution >= 0.6 is 0 Å². The lowest BCUT2D eigenvalue weighted by Gasteiger charge is -2.20. The number of carboxylic acid groups (broad SMARTS) is 1. The van der Waals surface area contributed by atoms with E-state index in [1.807, 2.05) is 19.6 Å². The highest BCUT2D eigenvalue weighted by atomic mass is 32.3. The van der Waals surface area contributed by atoms with Gasteiger partial charge < -0.3 is 9.53 Å². The van der Waals surface area contributed by atoms with Crippen molar-refractivity contribution < 1.29 is 26.6 Å². The van der Waals surface area contributed by atoms with Crippen LogP contribution in [0.2, 0.25) is 19.6 Å². The van der Waals surface area contributed by atoms with E-state index >= 15 is 0 Å². The van der Waals surface area contributed by atoms with Gasteiger partial charge in [-0.1, -0.05) is 0 Å². The van der Waals surface area contributed by atoms with Gasteiger partial charge >= 0.3 is 16.2 Å². The zero-order valence-electron chi connectivity index (χ0n) is 10.1. The molecular formula is C10H13FO5SSi. The summed E-state index contributed by atoms with van der Waals surface area (Å²) in [7, 11) is -6.97. The Morgan fingerprint density at radius 3 is 2.28 bits per heavy atom. The van der Waals surface area contributed by atoms with Gasteiger partial charge in [-0.15, -0.1) is 3.89 Å². The van der Waals surface area contributed by atoms with Crippen molar-refractivity contribution in [1.82, 2.24) is 0 Å². The lowest BCUT2D eigenvalue weighted by molar-refractivity contribution is 0.0694. The SMILES string of the molecule is C[Si](C)(C)Oc1ccc(S(=O)(=O)F)cc1C(=O)O. The second-order valence-electron chi connectivity index (χ2n) is 4.62. The maximum absolute atomic E-state index is 12.8. The zero-order valence-corrected chi connectivity index (χ0v) is 11.9. The molecule has 1 aromatic rings. The van der Waals surface area contributed by atoms with Gasteiger partial charge in [-0.05, 0) is 37.8 Å². The average Bonchev–Trinajstić information content (AvgIpc) is 2.13. The van der Waals surface area contributed by atoms with Crippen molar-refractivity contribution in [3.63, 3.8) is 0 Å². The number of halogens is 1. The van der Waals surface area contributed by atoms with E-state index in [4.69, 9.17) is 9.53 Å². The van der Waals surface area contributed by atoms with Gasteiger partial charge in [-0.3, -0.25) is 0 Å². The van der Waals surface area contributed by atoms with Crippen molar-refractivity contribution in [2.24, 2.45) is 0 Å². The Bertz CT molecular complexity index is 576. The molecule has 0 bridgehead atoms. The third-order valence-corrected chi connectivity index (χ3v) is 3.53. The summed E-state index contributed by atoms with van der Waals surface area (Å²) in [5, 5.41) is 8.97. The lowest BCUT2D eigenvalue weighted by Crippen LogP contribution is -2.30. The maximum atomic E-state index is 12.8. The van der Waals surface area contributed by atoms with Crippen molar-refractivity contribution in [1.29, 1.82) is 0 Å². The predicted molar refractivity (Wildman–Crippen MR) is 65.7 cm³/mol. The largest absolute Gasteiger partial charge is 0.544 e. The number of hydrogen-bond acceptors (Lipinski definition) is 4. The molecule has 0 heterocycles. The minimum absolute atomic E-state index is 0.0501. The van der Waals surface area contributed by atoms with E-state index in [1.165, 1.54) is 0 Å². The molecule has 100 valence electrons. The smallest absolute Gasteiger partial charge is 0.339 e. The normalized spacial score (nSPS) is 12.2. The van der Waals surface area contributed by atoms with Crippen molar-refractivity contribution >= 4 is 24.5 Å². The fourth-order valence-electron chi connectivity index (χ4n) is 1.25. The van der Waals surface area contributed by atoms with Crippen LogP contribution in [0.1, 0.15) is 10.4 Å². The van der Waals surface area contributed by atoms with E-state index in [2.05, 4.69) is 0 Å². The highest BCUT2D eigenvalue weighted by Crippen LogP contribution is 2.26. The molecule has 18 heavy (non-hydrogen) atoms. The quantitative estimate of drug-likeness (QED) is 0.680. The van der Waals surface area contributed by atoms with Gasteiger partial charge in [0.05, 0.1) is 4.90 Å². The summed E-state index contributed by atoms with van der Waals surface area (Å²) in [5.74, 6) is -1.32. The zero-order chi connectivity index (χ0) is 14.1.